The Hall–Kier alpha value is -0.810. The second-order valence-corrected chi connectivity index (χ2v) is 6.86. The third-order valence-electron chi connectivity index (χ3n) is 2.77. The van der Waals surface area contributed by atoms with Crippen LogP contribution in [-0.4, -0.2) is 40.1 Å². The molecule has 98 valence electrons. The fraction of sp³-hybridized carbons (Fsp3) is 0.462. The van der Waals surface area contributed by atoms with E-state index < -0.39 is 0 Å². The van der Waals surface area contributed by atoms with Crippen LogP contribution in [0, 0.1) is 6.92 Å². The fourth-order valence-corrected chi connectivity index (χ4v) is 4.40. The number of aromatic hydroxyl groups is 1. The molecule has 0 aliphatic carbocycles. The SMILES string of the molecule is Cc1ccc(C(=O)NCC2CSCCS2)c(O)c1. The highest BCUT2D eigenvalue weighted by atomic mass is 32.2. The van der Waals surface area contributed by atoms with Crippen LogP contribution in [0.5, 0.6) is 5.75 Å². The normalized spacial score (nSPS) is 19.5. The lowest BCUT2D eigenvalue weighted by molar-refractivity contribution is 0.0951. The molecule has 0 bridgehead atoms. The first-order valence-corrected chi connectivity index (χ1v) is 8.14. The zero-order chi connectivity index (χ0) is 13.0. The van der Waals surface area contributed by atoms with Gasteiger partial charge in [0.2, 0.25) is 0 Å². The highest BCUT2D eigenvalue weighted by Gasteiger charge is 2.17. The first kappa shape index (κ1) is 13.6. The summed E-state index contributed by atoms with van der Waals surface area (Å²) in [4.78, 5) is 11.9. The number of rotatable bonds is 3. The van der Waals surface area contributed by atoms with Gasteiger partial charge in [-0.3, -0.25) is 4.79 Å². The van der Waals surface area contributed by atoms with E-state index in [2.05, 4.69) is 5.32 Å². The van der Waals surface area contributed by atoms with E-state index in [0.29, 0.717) is 17.4 Å². The number of aryl methyl sites for hydroxylation is 1. The number of hydrogen-bond acceptors (Lipinski definition) is 4. The van der Waals surface area contributed by atoms with E-state index in [9.17, 15) is 9.90 Å². The molecule has 2 rings (SSSR count). The standard InChI is InChI=1S/C13H17NO2S2/c1-9-2-3-11(12(15)6-9)13(16)14-7-10-8-17-4-5-18-10/h2-3,6,10,15H,4-5,7-8H2,1H3,(H,14,16). The molecular weight excluding hydrogens is 266 g/mol. The Labute approximate surface area is 116 Å². The molecule has 0 saturated carbocycles. The summed E-state index contributed by atoms with van der Waals surface area (Å²) < 4.78 is 0. The fourth-order valence-electron chi connectivity index (χ4n) is 1.79. The van der Waals surface area contributed by atoms with Crippen LogP contribution in [0.2, 0.25) is 0 Å². The molecule has 5 heteroatoms. The molecule has 1 heterocycles. The van der Waals surface area contributed by atoms with Gasteiger partial charge in [-0.2, -0.15) is 23.5 Å². The van der Waals surface area contributed by atoms with Gasteiger partial charge in [-0.15, -0.1) is 0 Å². The zero-order valence-corrected chi connectivity index (χ0v) is 11.9. The molecule has 1 atom stereocenters. The maximum atomic E-state index is 11.9. The molecule has 1 unspecified atom stereocenters. The highest BCUT2D eigenvalue weighted by Crippen LogP contribution is 2.23. The molecule has 3 nitrogen and oxygen atoms in total. The van der Waals surface area contributed by atoms with Gasteiger partial charge >= 0.3 is 0 Å². The van der Waals surface area contributed by atoms with Gasteiger partial charge in [0.05, 0.1) is 5.56 Å². The molecule has 1 amide bonds. The topological polar surface area (TPSA) is 49.3 Å². The van der Waals surface area contributed by atoms with Crippen molar-refractivity contribution >= 4 is 29.4 Å². The van der Waals surface area contributed by atoms with Crippen LogP contribution in [-0.2, 0) is 0 Å². The van der Waals surface area contributed by atoms with Crippen LogP contribution in [0.25, 0.3) is 0 Å². The number of carbonyl (C=O) groups excluding carboxylic acids is 1. The van der Waals surface area contributed by atoms with Crippen LogP contribution >= 0.6 is 23.5 Å². The molecule has 1 aliphatic rings. The maximum Gasteiger partial charge on any atom is 0.255 e. The Morgan fingerprint density at radius 2 is 2.33 bits per heavy atom. The van der Waals surface area contributed by atoms with E-state index in [1.54, 1.807) is 12.1 Å². The van der Waals surface area contributed by atoms with Crippen LogP contribution in [0.3, 0.4) is 0 Å². The minimum atomic E-state index is -0.191. The molecule has 0 spiro atoms. The summed E-state index contributed by atoms with van der Waals surface area (Å²) in [6.07, 6.45) is 0. The van der Waals surface area contributed by atoms with Crippen molar-refractivity contribution in [1.82, 2.24) is 5.32 Å². The van der Waals surface area contributed by atoms with Crippen LogP contribution in [0.1, 0.15) is 15.9 Å². The minimum Gasteiger partial charge on any atom is -0.507 e. The van der Waals surface area contributed by atoms with Crippen LogP contribution in [0.15, 0.2) is 18.2 Å². The van der Waals surface area contributed by atoms with Gasteiger partial charge in [0.15, 0.2) is 0 Å². The molecule has 2 N–H and O–H groups in total. The van der Waals surface area contributed by atoms with E-state index in [0.717, 1.165) is 17.1 Å². The molecule has 1 fully saturated rings. The van der Waals surface area contributed by atoms with Gasteiger partial charge in [-0.05, 0) is 24.6 Å². The summed E-state index contributed by atoms with van der Waals surface area (Å²) in [5.74, 6) is 3.31. The maximum absolute atomic E-state index is 11.9. The van der Waals surface area contributed by atoms with Crippen molar-refractivity contribution < 1.29 is 9.90 Å². The van der Waals surface area contributed by atoms with Crippen molar-refractivity contribution in [3.05, 3.63) is 29.3 Å². The lowest BCUT2D eigenvalue weighted by Crippen LogP contribution is -2.33. The molecule has 0 radical (unpaired) electrons. The lowest BCUT2D eigenvalue weighted by atomic mass is 10.1. The number of hydrogen-bond donors (Lipinski definition) is 2. The first-order valence-electron chi connectivity index (χ1n) is 5.94. The van der Waals surface area contributed by atoms with E-state index in [1.165, 1.54) is 5.75 Å². The number of phenols is 1. The van der Waals surface area contributed by atoms with E-state index >= 15 is 0 Å². The zero-order valence-electron chi connectivity index (χ0n) is 10.3. The number of thioether (sulfide) groups is 2. The third kappa shape index (κ3) is 3.59. The van der Waals surface area contributed by atoms with Crippen molar-refractivity contribution in [2.24, 2.45) is 0 Å². The Morgan fingerprint density at radius 1 is 1.50 bits per heavy atom. The summed E-state index contributed by atoms with van der Waals surface area (Å²) in [5, 5.41) is 13.1. The van der Waals surface area contributed by atoms with Crippen LogP contribution in [0.4, 0.5) is 0 Å². The van der Waals surface area contributed by atoms with Crippen molar-refractivity contribution in [3.63, 3.8) is 0 Å². The number of carbonyl (C=O) groups is 1. The molecule has 1 aromatic rings. The monoisotopic (exact) mass is 283 g/mol. The summed E-state index contributed by atoms with van der Waals surface area (Å²) in [6, 6.07) is 5.11. The molecule has 18 heavy (non-hydrogen) atoms. The average molecular weight is 283 g/mol. The van der Waals surface area contributed by atoms with Gasteiger partial charge in [-0.25, -0.2) is 0 Å². The van der Waals surface area contributed by atoms with Crippen molar-refractivity contribution in [2.45, 2.75) is 12.2 Å². The highest BCUT2D eigenvalue weighted by molar-refractivity contribution is 8.06. The summed E-state index contributed by atoms with van der Waals surface area (Å²) in [6.45, 7) is 2.56. The Bertz CT molecular complexity index is 431. The predicted molar refractivity (Wildman–Crippen MR) is 78.7 cm³/mol. The molecular formula is C13H17NO2S2. The molecule has 1 saturated heterocycles. The quantitative estimate of drug-likeness (QED) is 0.893. The van der Waals surface area contributed by atoms with E-state index in [4.69, 9.17) is 0 Å². The Morgan fingerprint density at radius 3 is 3.00 bits per heavy atom. The van der Waals surface area contributed by atoms with Crippen molar-refractivity contribution in [1.29, 1.82) is 0 Å². The van der Waals surface area contributed by atoms with Gasteiger partial charge in [-0.1, -0.05) is 6.07 Å². The minimum absolute atomic E-state index is 0.0539. The lowest BCUT2D eigenvalue weighted by Gasteiger charge is -2.21. The predicted octanol–water partition coefficient (Wildman–Crippen LogP) is 2.28. The average Bonchev–Trinajstić information content (AvgIpc) is 2.37. The number of phenolic OH excluding ortho intramolecular Hbond substituents is 1. The summed E-state index contributed by atoms with van der Waals surface area (Å²) in [7, 11) is 0. The summed E-state index contributed by atoms with van der Waals surface area (Å²) in [5.41, 5.74) is 1.30. The Kier molecular flexibility index (Phi) is 4.83. The molecule has 0 aromatic heterocycles. The number of nitrogens with one attached hydrogen (secondary N) is 1. The van der Waals surface area contributed by atoms with Crippen LogP contribution < -0.4 is 5.32 Å². The largest absolute Gasteiger partial charge is 0.507 e. The molecule has 1 aromatic carbocycles. The van der Waals surface area contributed by atoms with Gasteiger partial charge < -0.3 is 10.4 Å². The van der Waals surface area contributed by atoms with Gasteiger partial charge in [0.25, 0.3) is 5.91 Å². The van der Waals surface area contributed by atoms with Gasteiger partial charge in [0, 0.05) is 29.1 Å². The number of amides is 1. The third-order valence-corrected chi connectivity index (χ3v) is 5.62. The first-order chi connectivity index (χ1) is 8.66. The van der Waals surface area contributed by atoms with Crippen molar-refractivity contribution in [2.75, 3.05) is 23.8 Å². The van der Waals surface area contributed by atoms with E-state index in [1.807, 2.05) is 36.5 Å². The summed E-state index contributed by atoms with van der Waals surface area (Å²) >= 11 is 3.84. The number of benzene rings is 1. The second-order valence-electron chi connectivity index (χ2n) is 4.30. The van der Waals surface area contributed by atoms with E-state index in [-0.39, 0.29) is 11.7 Å². The second kappa shape index (κ2) is 6.38. The van der Waals surface area contributed by atoms with Crippen molar-refractivity contribution in [3.8, 4) is 5.75 Å². The molecule has 1 aliphatic heterocycles. The Balaban J connectivity index is 1.90. The smallest absolute Gasteiger partial charge is 0.255 e. The van der Waals surface area contributed by atoms with Gasteiger partial charge in [0.1, 0.15) is 5.75 Å².